The Balaban J connectivity index is 1.36. The van der Waals surface area contributed by atoms with Gasteiger partial charge in [-0.15, -0.1) is 0 Å². The second-order valence-corrected chi connectivity index (χ2v) is 9.56. The Hall–Kier alpha value is -0.960. The Morgan fingerprint density at radius 1 is 1.42 bits per heavy atom. The van der Waals surface area contributed by atoms with Gasteiger partial charge in [0.2, 0.25) is 10.0 Å². The van der Waals surface area contributed by atoms with E-state index in [9.17, 15) is 8.42 Å². The van der Waals surface area contributed by atoms with Gasteiger partial charge in [0.1, 0.15) is 0 Å². The summed E-state index contributed by atoms with van der Waals surface area (Å²) in [5.74, 6) is 0. The van der Waals surface area contributed by atoms with E-state index in [-0.39, 0.29) is 16.9 Å². The van der Waals surface area contributed by atoms with Crippen LogP contribution in [-0.2, 0) is 28.4 Å². The third-order valence-electron chi connectivity index (χ3n) is 5.35. The highest BCUT2D eigenvalue weighted by atomic mass is 32.2. The SMILES string of the molecule is Cn1cc(CN2CC[C@@]3(C[C@H](NS(=O)(=O)C4CC4)CCO3)C2)cn1. The zero-order valence-electron chi connectivity index (χ0n) is 14.1. The van der Waals surface area contributed by atoms with Crippen molar-refractivity contribution in [3.8, 4) is 0 Å². The maximum absolute atomic E-state index is 12.2. The molecule has 1 aromatic heterocycles. The van der Waals surface area contributed by atoms with E-state index in [0.29, 0.717) is 6.61 Å². The minimum atomic E-state index is -3.12. The fraction of sp³-hybridized carbons (Fsp3) is 0.812. The van der Waals surface area contributed by atoms with Crippen molar-refractivity contribution in [3.05, 3.63) is 18.0 Å². The fourth-order valence-corrected chi connectivity index (χ4v) is 5.61. The first-order valence-electron chi connectivity index (χ1n) is 8.79. The van der Waals surface area contributed by atoms with Gasteiger partial charge in [0, 0.05) is 51.1 Å². The van der Waals surface area contributed by atoms with Gasteiger partial charge in [0.05, 0.1) is 17.0 Å². The number of rotatable bonds is 5. The highest BCUT2D eigenvalue weighted by Gasteiger charge is 2.45. The number of aromatic nitrogens is 2. The van der Waals surface area contributed by atoms with Crippen molar-refractivity contribution in [2.75, 3.05) is 19.7 Å². The molecule has 0 unspecified atom stereocenters. The molecule has 0 bridgehead atoms. The summed E-state index contributed by atoms with van der Waals surface area (Å²) in [4.78, 5) is 2.38. The van der Waals surface area contributed by atoms with E-state index in [0.717, 1.165) is 51.7 Å². The van der Waals surface area contributed by atoms with Gasteiger partial charge < -0.3 is 4.74 Å². The Bertz CT molecular complexity index is 700. The van der Waals surface area contributed by atoms with Gasteiger partial charge in [0.15, 0.2) is 0 Å². The van der Waals surface area contributed by atoms with Crippen LogP contribution in [0, 0.1) is 0 Å². The van der Waals surface area contributed by atoms with Crippen LogP contribution in [-0.4, -0.2) is 59.7 Å². The van der Waals surface area contributed by atoms with Crippen molar-refractivity contribution in [1.29, 1.82) is 0 Å². The molecule has 2 saturated heterocycles. The van der Waals surface area contributed by atoms with Gasteiger partial charge in [-0.3, -0.25) is 9.58 Å². The summed E-state index contributed by atoms with van der Waals surface area (Å²) in [5.41, 5.74) is 1.01. The first-order valence-corrected chi connectivity index (χ1v) is 10.3. The van der Waals surface area contributed by atoms with E-state index in [1.54, 1.807) is 0 Å². The molecule has 7 nitrogen and oxygen atoms in total. The molecule has 1 spiro atoms. The molecular formula is C16H26N4O3S. The van der Waals surface area contributed by atoms with Gasteiger partial charge in [-0.05, 0) is 32.1 Å². The molecule has 2 aliphatic heterocycles. The number of hydrogen-bond acceptors (Lipinski definition) is 5. The van der Waals surface area contributed by atoms with Crippen molar-refractivity contribution in [2.24, 2.45) is 7.05 Å². The van der Waals surface area contributed by atoms with Crippen LogP contribution in [0.15, 0.2) is 12.4 Å². The molecule has 24 heavy (non-hydrogen) atoms. The smallest absolute Gasteiger partial charge is 0.214 e. The average Bonchev–Trinajstić information content (AvgIpc) is 3.22. The number of nitrogens with one attached hydrogen (secondary N) is 1. The minimum absolute atomic E-state index is 0.0164. The molecule has 4 rings (SSSR count). The number of likely N-dealkylation sites (tertiary alicyclic amines) is 1. The second kappa shape index (κ2) is 6.09. The van der Waals surface area contributed by atoms with Gasteiger partial charge in [0.25, 0.3) is 0 Å². The molecule has 3 fully saturated rings. The van der Waals surface area contributed by atoms with E-state index in [2.05, 4.69) is 14.7 Å². The van der Waals surface area contributed by atoms with Crippen molar-refractivity contribution in [2.45, 2.75) is 55.5 Å². The van der Waals surface area contributed by atoms with Crippen molar-refractivity contribution >= 4 is 10.0 Å². The maximum atomic E-state index is 12.2. The lowest BCUT2D eigenvalue weighted by molar-refractivity contribution is -0.0779. The number of nitrogens with zero attached hydrogens (tertiary/aromatic N) is 3. The second-order valence-electron chi connectivity index (χ2n) is 7.57. The molecule has 8 heteroatoms. The predicted octanol–water partition coefficient (Wildman–Crippen LogP) is 0.625. The summed E-state index contributed by atoms with van der Waals surface area (Å²) < 4.78 is 35.3. The zero-order chi connectivity index (χ0) is 16.8. The fourth-order valence-electron chi connectivity index (χ4n) is 3.99. The van der Waals surface area contributed by atoms with Gasteiger partial charge >= 0.3 is 0 Å². The minimum Gasteiger partial charge on any atom is -0.373 e. The lowest BCUT2D eigenvalue weighted by Crippen LogP contribution is -2.50. The topological polar surface area (TPSA) is 76.5 Å². The molecule has 3 heterocycles. The van der Waals surface area contributed by atoms with Gasteiger partial charge in [-0.25, -0.2) is 13.1 Å². The molecule has 134 valence electrons. The molecule has 0 radical (unpaired) electrons. The summed E-state index contributed by atoms with van der Waals surface area (Å²) in [5, 5.41) is 4.07. The number of ether oxygens (including phenoxy) is 1. The van der Waals surface area contributed by atoms with Crippen LogP contribution in [0.1, 0.15) is 37.7 Å². The standard InChI is InChI=1S/C16H26N4O3S/c1-19-10-13(9-17-19)11-20-6-5-16(12-20)8-14(4-7-23-16)18-24(21,22)15-2-3-15/h9-10,14-15,18H,2-8,11-12H2,1H3/t14-,16-/m1/s1. The quantitative estimate of drug-likeness (QED) is 0.839. The first kappa shape index (κ1) is 16.5. The van der Waals surface area contributed by atoms with E-state index in [1.165, 1.54) is 5.56 Å². The highest BCUT2D eigenvalue weighted by molar-refractivity contribution is 7.90. The summed E-state index contributed by atoms with van der Waals surface area (Å²) >= 11 is 0. The van der Waals surface area contributed by atoms with Crippen LogP contribution in [0.4, 0.5) is 0 Å². The molecule has 0 amide bonds. The lowest BCUT2D eigenvalue weighted by atomic mass is 9.90. The number of sulfonamides is 1. The Labute approximate surface area is 143 Å². The molecular weight excluding hydrogens is 328 g/mol. The van der Waals surface area contributed by atoms with E-state index in [1.807, 2.05) is 24.1 Å². The summed E-state index contributed by atoms with van der Waals surface area (Å²) in [6.45, 7) is 3.36. The third-order valence-corrected chi connectivity index (χ3v) is 7.36. The molecule has 2 atom stereocenters. The largest absolute Gasteiger partial charge is 0.373 e. The summed E-state index contributed by atoms with van der Waals surface area (Å²) in [7, 11) is -1.20. The molecule has 1 saturated carbocycles. The zero-order valence-corrected chi connectivity index (χ0v) is 15.0. The predicted molar refractivity (Wildman–Crippen MR) is 89.9 cm³/mol. The van der Waals surface area contributed by atoms with Crippen LogP contribution < -0.4 is 4.72 Å². The van der Waals surface area contributed by atoms with Crippen LogP contribution in [0.25, 0.3) is 0 Å². The monoisotopic (exact) mass is 354 g/mol. The van der Waals surface area contributed by atoms with Crippen molar-refractivity contribution in [1.82, 2.24) is 19.4 Å². The van der Waals surface area contributed by atoms with Crippen LogP contribution in [0.2, 0.25) is 0 Å². The van der Waals surface area contributed by atoms with Crippen LogP contribution >= 0.6 is 0 Å². The van der Waals surface area contributed by atoms with Crippen LogP contribution in [0.3, 0.4) is 0 Å². The van der Waals surface area contributed by atoms with Crippen molar-refractivity contribution in [3.63, 3.8) is 0 Å². The highest BCUT2D eigenvalue weighted by Crippen LogP contribution is 2.36. The van der Waals surface area contributed by atoms with Crippen molar-refractivity contribution < 1.29 is 13.2 Å². The third kappa shape index (κ3) is 3.51. The number of aryl methyl sites for hydroxylation is 1. The van der Waals surface area contributed by atoms with Gasteiger partial charge in [-0.2, -0.15) is 5.10 Å². The molecule has 1 aromatic rings. The van der Waals surface area contributed by atoms with E-state index >= 15 is 0 Å². The average molecular weight is 354 g/mol. The number of hydrogen-bond donors (Lipinski definition) is 1. The van der Waals surface area contributed by atoms with Gasteiger partial charge in [-0.1, -0.05) is 0 Å². The maximum Gasteiger partial charge on any atom is 0.214 e. The Morgan fingerprint density at radius 3 is 2.96 bits per heavy atom. The molecule has 0 aromatic carbocycles. The lowest BCUT2D eigenvalue weighted by Gasteiger charge is -2.38. The van der Waals surface area contributed by atoms with E-state index < -0.39 is 10.0 Å². The molecule has 3 aliphatic rings. The Kier molecular flexibility index (Phi) is 4.19. The molecule has 1 N–H and O–H groups in total. The Morgan fingerprint density at radius 2 is 2.25 bits per heavy atom. The van der Waals surface area contributed by atoms with Crippen LogP contribution in [0.5, 0.6) is 0 Å². The normalized spacial score (nSPS) is 31.8. The first-order chi connectivity index (χ1) is 11.4. The summed E-state index contributed by atoms with van der Waals surface area (Å²) in [6.07, 6.45) is 8.08. The molecule has 1 aliphatic carbocycles. The summed E-state index contributed by atoms with van der Waals surface area (Å²) in [6, 6.07) is 0.0164. The van der Waals surface area contributed by atoms with E-state index in [4.69, 9.17) is 4.74 Å².